The van der Waals surface area contributed by atoms with Gasteiger partial charge in [-0.15, -0.1) is 0 Å². The molecule has 0 bridgehead atoms. The summed E-state index contributed by atoms with van der Waals surface area (Å²) in [7, 11) is 0. The van der Waals surface area contributed by atoms with Crippen molar-refractivity contribution in [2.24, 2.45) is 5.73 Å². The third-order valence-corrected chi connectivity index (χ3v) is 2.58. The van der Waals surface area contributed by atoms with Crippen LogP contribution >= 0.6 is 11.6 Å². The molecule has 0 saturated heterocycles. The lowest BCUT2D eigenvalue weighted by atomic mass is 10.1. The number of benzene rings is 1. The molecular formula is C10H7ClF3N3O2. The summed E-state index contributed by atoms with van der Waals surface area (Å²) in [5, 5.41) is 12.4. The first-order valence-corrected chi connectivity index (χ1v) is 5.33. The summed E-state index contributed by atoms with van der Waals surface area (Å²) >= 11 is 5.60. The summed E-state index contributed by atoms with van der Waals surface area (Å²) in [4.78, 5) is 3.70. The van der Waals surface area contributed by atoms with E-state index >= 15 is 0 Å². The van der Waals surface area contributed by atoms with Crippen LogP contribution in [0.1, 0.15) is 11.5 Å². The highest BCUT2D eigenvalue weighted by Gasteiger charge is 2.36. The van der Waals surface area contributed by atoms with E-state index in [4.69, 9.17) is 17.3 Å². The lowest BCUT2D eigenvalue weighted by Crippen LogP contribution is -2.07. The van der Waals surface area contributed by atoms with Gasteiger partial charge in [-0.25, -0.2) is 0 Å². The molecule has 9 heteroatoms. The summed E-state index contributed by atoms with van der Waals surface area (Å²) < 4.78 is 43.3. The van der Waals surface area contributed by atoms with E-state index in [2.05, 4.69) is 14.7 Å². The van der Waals surface area contributed by atoms with Crippen LogP contribution in [-0.4, -0.2) is 15.2 Å². The second-order valence-electron chi connectivity index (χ2n) is 3.56. The Morgan fingerprint density at radius 1 is 1.37 bits per heavy atom. The van der Waals surface area contributed by atoms with Gasteiger partial charge in [0.05, 0.1) is 17.1 Å². The number of nitrogens with zero attached hydrogens (tertiary/aromatic N) is 2. The minimum absolute atomic E-state index is 0.00711. The topological polar surface area (TPSA) is 85.2 Å². The molecule has 102 valence electrons. The number of aromatic hydroxyl groups is 1. The Labute approximate surface area is 109 Å². The maximum absolute atomic E-state index is 12.9. The number of hydrogen-bond donors (Lipinski definition) is 2. The van der Waals surface area contributed by atoms with Crippen molar-refractivity contribution < 1.29 is 22.8 Å². The van der Waals surface area contributed by atoms with Crippen LogP contribution in [0, 0.1) is 0 Å². The highest BCUT2D eigenvalue weighted by molar-refractivity contribution is 6.32. The van der Waals surface area contributed by atoms with E-state index < -0.39 is 23.1 Å². The number of halogens is 4. The number of alkyl halides is 3. The molecule has 5 nitrogen and oxygen atoms in total. The molecule has 1 aromatic heterocycles. The van der Waals surface area contributed by atoms with Gasteiger partial charge in [-0.05, 0) is 12.1 Å². The van der Waals surface area contributed by atoms with Crippen LogP contribution in [0.25, 0.3) is 11.4 Å². The molecule has 19 heavy (non-hydrogen) atoms. The summed E-state index contributed by atoms with van der Waals surface area (Å²) in [6.07, 6.45) is -4.69. The SMILES string of the molecule is NCc1nc(-c2cc(Cl)c(O)cc2C(F)(F)F)no1. The minimum Gasteiger partial charge on any atom is -0.506 e. The molecule has 2 rings (SSSR count). The zero-order valence-corrected chi connectivity index (χ0v) is 9.96. The van der Waals surface area contributed by atoms with Gasteiger partial charge in [0.15, 0.2) is 0 Å². The molecule has 1 heterocycles. The lowest BCUT2D eigenvalue weighted by Gasteiger charge is -2.11. The normalized spacial score (nSPS) is 11.8. The number of rotatable bonds is 2. The van der Waals surface area contributed by atoms with Gasteiger partial charge >= 0.3 is 6.18 Å². The Balaban J connectivity index is 2.64. The predicted molar refractivity (Wildman–Crippen MR) is 59.3 cm³/mol. The zero-order valence-electron chi connectivity index (χ0n) is 9.20. The van der Waals surface area contributed by atoms with Crippen molar-refractivity contribution in [2.75, 3.05) is 0 Å². The first kappa shape index (κ1) is 13.6. The maximum Gasteiger partial charge on any atom is 0.417 e. The average Bonchev–Trinajstić information content (AvgIpc) is 2.79. The summed E-state index contributed by atoms with van der Waals surface area (Å²) in [5.74, 6) is -0.984. The van der Waals surface area contributed by atoms with Crippen LogP contribution in [0.4, 0.5) is 13.2 Å². The molecule has 0 radical (unpaired) electrons. The third kappa shape index (κ3) is 2.64. The van der Waals surface area contributed by atoms with E-state index in [9.17, 15) is 18.3 Å². The Kier molecular flexibility index (Phi) is 3.38. The zero-order chi connectivity index (χ0) is 14.2. The smallest absolute Gasteiger partial charge is 0.417 e. The molecule has 0 saturated carbocycles. The molecule has 0 fully saturated rings. The van der Waals surface area contributed by atoms with Crippen LogP contribution < -0.4 is 5.73 Å². The van der Waals surface area contributed by atoms with E-state index in [0.717, 1.165) is 6.07 Å². The van der Waals surface area contributed by atoms with E-state index in [-0.39, 0.29) is 23.3 Å². The van der Waals surface area contributed by atoms with Crippen molar-refractivity contribution in [3.05, 3.63) is 28.6 Å². The largest absolute Gasteiger partial charge is 0.506 e. The van der Waals surface area contributed by atoms with Gasteiger partial charge in [-0.1, -0.05) is 16.8 Å². The quantitative estimate of drug-likeness (QED) is 0.889. The maximum atomic E-state index is 12.9. The number of phenols is 1. The highest BCUT2D eigenvalue weighted by atomic mass is 35.5. The molecule has 0 unspecified atom stereocenters. The van der Waals surface area contributed by atoms with E-state index in [1.165, 1.54) is 0 Å². The fourth-order valence-electron chi connectivity index (χ4n) is 1.43. The molecule has 1 aromatic carbocycles. The predicted octanol–water partition coefficient (Wildman–Crippen LogP) is 2.57. The number of nitrogens with two attached hydrogens (primary N) is 1. The molecule has 3 N–H and O–H groups in total. The molecule has 0 aliphatic heterocycles. The van der Waals surface area contributed by atoms with Crippen molar-refractivity contribution in [2.45, 2.75) is 12.7 Å². The van der Waals surface area contributed by atoms with Crippen molar-refractivity contribution >= 4 is 11.6 Å². The van der Waals surface area contributed by atoms with Crippen LogP contribution in [0.2, 0.25) is 5.02 Å². The second kappa shape index (κ2) is 4.71. The van der Waals surface area contributed by atoms with Gasteiger partial charge in [0.2, 0.25) is 11.7 Å². The lowest BCUT2D eigenvalue weighted by molar-refractivity contribution is -0.137. The molecule has 0 atom stereocenters. The van der Waals surface area contributed by atoms with E-state index in [1.54, 1.807) is 0 Å². The van der Waals surface area contributed by atoms with Gasteiger partial charge in [0, 0.05) is 5.56 Å². The fraction of sp³-hybridized carbons (Fsp3) is 0.200. The van der Waals surface area contributed by atoms with Crippen LogP contribution in [0.5, 0.6) is 5.75 Å². The third-order valence-electron chi connectivity index (χ3n) is 2.28. The summed E-state index contributed by atoms with van der Waals surface area (Å²) in [5.41, 5.74) is 3.73. The van der Waals surface area contributed by atoms with E-state index in [1.807, 2.05) is 0 Å². The molecule has 0 spiro atoms. The molecular weight excluding hydrogens is 287 g/mol. The van der Waals surface area contributed by atoms with Crippen LogP contribution in [0.3, 0.4) is 0 Å². The van der Waals surface area contributed by atoms with Crippen molar-refractivity contribution in [1.82, 2.24) is 10.1 Å². The monoisotopic (exact) mass is 293 g/mol. The first-order chi connectivity index (χ1) is 8.82. The Bertz CT molecular complexity index is 613. The van der Waals surface area contributed by atoms with Crippen molar-refractivity contribution in [1.29, 1.82) is 0 Å². The van der Waals surface area contributed by atoms with Gasteiger partial charge in [0.1, 0.15) is 5.75 Å². The molecule has 2 aromatic rings. The summed E-state index contributed by atoms with van der Waals surface area (Å²) in [6.45, 7) is -0.0971. The Morgan fingerprint density at radius 2 is 2.05 bits per heavy atom. The molecule has 0 aliphatic carbocycles. The first-order valence-electron chi connectivity index (χ1n) is 4.95. The minimum atomic E-state index is -4.69. The standard InChI is InChI=1S/C10H7ClF3N3O2/c11-6-1-4(9-16-8(3-15)19-17-9)5(2-7(6)18)10(12,13)14/h1-2,18H,3,15H2. The average molecular weight is 294 g/mol. The van der Waals surface area contributed by atoms with Crippen LogP contribution in [-0.2, 0) is 12.7 Å². The highest BCUT2D eigenvalue weighted by Crippen LogP contribution is 2.40. The van der Waals surface area contributed by atoms with Crippen molar-refractivity contribution in [3.63, 3.8) is 0 Å². The molecule has 0 aliphatic rings. The van der Waals surface area contributed by atoms with Crippen LogP contribution in [0.15, 0.2) is 16.7 Å². The molecule has 0 amide bonds. The Hall–Kier alpha value is -1.80. The van der Waals surface area contributed by atoms with Gasteiger partial charge < -0.3 is 15.4 Å². The van der Waals surface area contributed by atoms with Gasteiger partial charge in [0.25, 0.3) is 0 Å². The van der Waals surface area contributed by atoms with E-state index in [0.29, 0.717) is 6.07 Å². The second-order valence-corrected chi connectivity index (χ2v) is 3.97. The number of hydrogen-bond acceptors (Lipinski definition) is 5. The number of aromatic nitrogens is 2. The van der Waals surface area contributed by atoms with Gasteiger partial charge in [-0.3, -0.25) is 0 Å². The van der Waals surface area contributed by atoms with Gasteiger partial charge in [-0.2, -0.15) is 18.2 Å². The number of phenolic OH excluding ortho intramolecular Hbond substituents is 1. The summed E-state index contributed by atoms with van der Waals surface area (Å²) in [6, 6.07) is 1.43. The Morgan fingerprint density at radius 3 is 2.58 bits per heavy atom. The fourth-order valence-corrected chi connectivity index (χ4v) is 1.59. The van der Waals surface area contributed by atoms with Crippen molar-refractivity contribution in [3.8, 4) is 17.1 Å².